The molecule has 0 aliphatic carbocycles. The van der Waals surface area contributed by atoms with Crippen LogP contribution in [0, 0.1) is 0 Å². The maximum atomic E-state index is 13.1. The van der Waals surface area contributed by atoms with E-state index in [1.54, 1.807) is 30.3 Å². The van der Waals surface area contributed by atoms with E-state index in [1.165, 1.54) is 20.7 Å². The number of fused-ring (bicyclic) bond motifs is 1. The summed E-state index contributed by atoms with van der Waals surface area (Å²) in [5, 5.41) is 0. The highest BCUT2D eigenvalue weighted by Crippen LogP contribution is 2.35. The molecule has 10 heteroatoms. The molecule has 5 rings (SSSR count). The average molecular weight is 501 g/mol. The van der Waals surface area contributed by atoms with E-state index in [-0.39, 0.29) is 36.0 Å². The number of rotatable bonds is 5. The van der Waals surface area contributed by atoms with E-state index in [0.29, 0.717) is 24.7 Å². The van der Waals surface area contributed by atoms with Crippen molar-refractivity contribution in [1.82, 2.24) is 8.61 Å². The zero-order valence-electron chi connectivity index (χ0n) is 18.3. The first-order chi connectivity index (χ1) is 16.4. The van der Waals surface area contributed by atoms with Crippen LogP contribution in [0.1, 0.15) is 0 Å². The fourth-order valence-electron chi connectivity index (χ4n) is 4.08. The highest BCUT2D eigenvalue weighted by atomic mass is 32.3. The van der Waals surface area contributed by atoms with Crippen LogP contribution in [0.4, 0.5) is 0 Å². The van der Waals surface area contributed by atoms with Crippen LogP contribution in [0.2, 0.25) is 0 Å². The van der Waals surface area contributed by atoms with Gasteiger partial charge in [0.05, 0.1) is 26.2 Å². The predicted molar refractivity (Wildman–Crippen MR) is 127 cm³/mol. The molecule has 2 unspecified atom stereocenters. The first kappa shape index (κ1) is 23.2. The lowest BCUT2D eigenvalue weighted by molar-refractivity contribution is 0.171. The summed E-state index contributed by atoms with van der Waals surface area (Å²) in [6.07, 6.45) is 0. The topological polar surface area (TPSA) is 105 Å². The first-order valence-corrected chi connectivity index (χ1v) is 13.8. The molecule has 178 valence electrons. The molecule has 0 N–H and O–H groups in total. The van der Waals surface area contributed by atoms with Gasteiger partial charge in [-0.2, -0.15) is 0 Å². The van der Waals surface area contributed by atoms with Gasteiger partial charge in [-0.1, -0.05) is 38.7 Å². The van der Waals surface area contributed by atoms with Crippen LogP contribution >= 0.6 is 0 Å². The van der Waals surface area contributed by atoms with Crippen molar-refractivity contribution >= 4 is 20.8 Å². The lowest BCUT2D eigenvalue weighted by Gasteiger charge is -2.36. The van der Waals surface area contributed by atoms with Crippen molar-refractivity contribution < 1.29 is 27.0 Å². The monoisotopic (exact) mass is 500 g/mol. The molecule has 8 nitrogen and oxygen atoms in total. The van der Waals surface area contributed by atoms with Gasteiger partial charge in [0.2, 0.25) is 0 Å². The number of benzene rings is 3. The highest BCUT2D eigenvalue weighted by molar-refractivity contribution is 7.96. The molecule has 34 heavy (non-hydrogen) atoms. The maximum Gasteiger partial charge on any atom is 0.179 e. The van der Waals surface area contributed by atoms with E-state index in [2.05, 4.69) is 0 Å². The average Bonchev–Trinajstić information content (AvgIpc) is 2.89. The summed E-state index contributed by atoms with van der Waals surface area (Å²) in [6.45, 7) is 1.07. The zero-order chi connectivity index (χ0) is 23.8. The zero-order valence-corrected chi connectivity index (χ0v) is 20.0. The molecule has 0 spiro atoms. The summed E-state index contributed by atoms with van der Waals surface area (Å²) in [5.41, 5.74) is 1.93. The summed E-state index contributed by atoms with van der Waals surface area (Å²) >= 11 is 0. The third-order valence-corrected chi connectivity index (χ3v) is 9.76. The molecule has 0 bridgehead atoms. The van der Waals surface area contributed by atoms with Crippen molar-refractivity contribution in [1.29, 1.82) is 0 Å². The molecule has 0 amide bonds. The molecule has 1 fully saturated rings. The molecule has 3 aromatic carbocycles. The van der Waals surface area contributed by atoms with Crippen molar-refractivity contribution in [2.75, 3.05) is 39.4 Å². The number of sulfonamides is 2. The number of hydrogen-bond donors (Lipinski definition) is 0. The molecule has 2 heterocycles. The van der Waals surface area contributed by atoms with E-state index in [4.69, 9.17) is 9.47 Å². The Balaban J connectivity index is 1.28. The number of piperazine rings is 1. The van der Waals surface area contributed by atoms with E-state index in [9.17, 15) is 17.5 Å². The third-order valence-electron chi connectivity index (χ3n) is 5.95. The molecule has 0 saturated carbocycles. The fourth-order valence-corrected chi connectivity index (χ4v) is 6.94. The molecule has 2 aliphatic heterocycles. The Labute approximate surface area is 200 Å². The minimum Gasteiger partial charge on any atom is -0.593 e. The molecule has 0 radical (unpaired) electrons. The number of nitrogens with zero attached hydrogens (tertiary/aromatic N) is 2. The van der Waals surface area contributed by atoms with Gasteiger partial charge in [0.15, 0.2) is 42.1 Å². The van der Waals surface area contributed by atoms with Gasteiger partial charge in [-0.05, 0) is 47.5 Å². The Bertz CT molecular complexity index is 1260. The second-order valence-electron chi connectivity index (χ2n) is 8.00. The molecule has 3 aromatic rings. The quantitative estimate of drug-likeness (QED) is 0.498. The summed E-state index contributed by atoms with van der Waals surface area (Å²) in [6, 6.07) is 21.0. The van der Waals surface area contributed by atoms with Gasteiger partial charge in [-0.3, -0.25) is 0 Å². The normalized spacial score (nSPS) is 20.3. The number of hydrogen-bond acceptors (Lipinski definition) is 6. The lowest BCUT2D eigenvalue weighted by Crippen LogP contribution is -2.53. The summed E-state index contributed by atoms with van der Waals surface area (Å²) in [7, 11) is -7.52. The Hall–Kier alpha value is -2.60. The Morgan fingerprint density at radius 1 is 0.618 bits per heavy atom. The van der Waals surface area contributed by atoms with E-state index >= 15 is 0 Å². The van der Waals surface area contributed by atoms with Gasteiger partial charge in [-0.25, -0.2) is 0 Å². The van der Waals surface area contributed by atoms with Crippen molar-refractivity contribution in [2.45, 2.75) is 9.79 Å². The summed E-state index contributed by atoms with van der Waals surface area (Å²) in [4.78, 5) is 0.292. The minimum atomic E-state index is -3.79. The lowest BCUT2D eigenvalue weighted by atomic mass is 10.1. The summed E-state index contributed by atoms with van der Waals surface area (Å²) in [5.74, 6) is 0.909. The van der Waals surface area contributed by atoms with Crippen molar-refractivity contribution in [3.8, 4) is 22.6 Å². The molecule has 0 aromatic heterocycles. The number of ether oxygens (including phenoxy) is 2. The maximum absolute atomic E-state index is 13.1. The smallest absolute Gasteiger partial charge is 0.179 e. The van der Waals surface area contributed by atoms with Crippen molar-refractivity contribution in [3.63, 3.8) is 0 Å². The molecular weight excluding hydrogens is 476 g/mol. The van der Waals surface area contributed by atoms with E-state index in [1.807, 2.05) is 30.3 Å². The van der Waals surface area contributed by atoms with Crippen LogP contribution in [-0.2, 0) is 29.2 Å². The Morgan fingerprint density at radius 3 is 1.74 bits per heavy atom. The fraction of sp³-hybridized carbons (Fsp3) is 0.250. The van der Waals surface area contributed by atoms with E-state index in [0.717, 1.165) is 11.1 Å². The third kappa shape index (κ3) is 4.40. The standard InChI is InChI=1S/C24H24N2O6S2/c27-33(28,21-8-6-20(7-9-21)19-4-2-1-3-5-19)25-12-14-26(15-13-25)34(29,30)22-10-11-23-24(18-22)32-17-16-31-23/h1-11,18H,12-17H2. The van der Waals surface area contributed by atoms with Gasteiger partial charge in [0.25, 0.3) is 0 Å². The van der Waals surface area contributed by atoms with Crippen LogP contribution in [-0.4, -0.2) is 57.1 Å². The van der Waals surface area contributed by atoms with Crippen LogP contribution < -0.4 is 9.47 Å². The Morgan fingerprint density at radius 2 is 1.12 bits per heavy atom. The second-order valence-corrected chi connectivity index (χ2v) is 11.9. The molecule has 2 atom stereocenters. The van der Waals surface area contributed by atoms with Crippen molar-refractivity contribution in [3.05, 3.63) is 72.8 Å². The second kappa shape index (κ2) is 9.21. The molecule has 2 aliphatic rings. The molecular formula is C24H24N2O6S2. The highest BCUT2D eigenvalue weighted by Gasteiger charge is 2.40. The van der Waals surface area contributed by atoms with E-state index < -0.39 is 20.8 Å². The van der Waals surface area contributed by atoms with Crippen LogP contribution in [0.3, 0.4) is 0 Å². The van der Waals surface area contributed by atoms with Gasteiger partial charge in [-0.15, -0.1) is 8.61 Å². The largest absolute Gasteiger partial charge is 0.593 e. The van der Waals surface area contributed by atoms with Gasteiger partial charge < -0.3 is 18.6 Å². The van der Waals surface area contributed by atoms with Crippen LogP contribution in [0.5, 0.6) is 11.5 Å². The van der Waals surface area contributed by atoms with Crippen LogP contribution in [0.25, 0.3) is 11.1 Å². The minimum absolute atomic E-state index is 0.0676. The summed E-state index contributed by atoms with van der Waals surface area (Å²) < 4.78 is 66.2. The van der Waals surface area contributed by atoms with Gasteiger partial charge in [0, 0.05) is 6.07 Å². The van der Waals surface area contributed by atoms with Crippen molar-refractivity contribution in [2.24, 2.45) is 0 Å². The Kier molecular flexibility index (Phi) is 6.28. The first-order valence-electron chi connectivity index (χ1n) is 10.9. The van der Waals surface area contributed by atoms with Crippen LogP contribution in [0.15, 0.2) is 82.6 Å². The predicted octanol–water partition coefficient (Wildman–Crippen LogP) is 3.25. The molecule has 1 saturated heterocycles. The van der Waals surface area contributed by atoms with Gasteiger partial charge >= 0.3 is 0 Å². The SMILES string of the molecule is O=[S+]([O-])(c1ccc(-c2ccccc2)cc1)N1CCN([S+](=O)([O-])c2ccc3c(c2)OCCO3)CC1. The van der Waals surface area contributed by atoms with Gasteiger partial charge in [0.1, 0.15) is 13.2 Å².